The summed E-state index contributed by atoms with van der Waals surface area (Å²) in [5.74, 6) is -0.953. The van der Waals surface area contributed by atoms with E-state index in [2.05, 4.69) is 5.32 Å². The molecule has 0 aliphatic carbocycles. The highest BCUT2D eigenvalue weighted by molar-refractivity contribution is 5.87. The van der Waals surface area contributed by atoms with E-state index in [4.69, 9.17) is 5.11 Å². The van der Waals surface area contributed by atoms with Gasteiger partial charge in [0.15, 0.2) is 0 Å². The van der Waals surface area contributed by atoms with Crippen LogP contribution in [-0.4, -0.2) is 34.6 Å². The highest BCUT2D eigenvalue weighted by Gasteiger charge is 2.17. The second kappa shape index (κ2) is 5.73. The number of nitrogens with one attached hydrogen (secondary N) is 1. The Labute approximate surface area is 113 Å². The molecule has 5 heteroatoms. The number of carbonyl (C=O) groups is 2. The van der Waals surface area contributed by atoms with Gasteiger partial charge in [0.1, 0.15) is 0 Å². The molecule has 0 saturated carbocycles. The maximum absolute atomic E-state index is 11.9. The fraction of sp³-hybridized carbons (Fsp3) is 0.429. The number of nitrogens with zero attached hydrogens (tertiary/aromatic N) is 1. The standard InChI is InChI=1S/C14H20N2O3/c1-14(2,3)15-13(19)16(4)9-10-5-7-11(8-6-10)12(17)18/h5-8H,9H2,1-4H3,(H,15,19)(H,17,18). The van der Waals surface area contributed by atoms with Crippen molar-refractivity contribution in [3.05, 3.63) is 35.4 Å². The van der Waals surface area contributed by atoms with E-state index in [1.807, 2.05) is 20.8 Å². The van der Waals surface area contributed by atoms with Gasteiger partial charge in [-0.25, -0.2) is 9.59 Å². The minimum Gasteiger partial charge on any atom is -0.478 e. The van der Waals surface area contributed by atoms with Crippen molar-refractivity contribution in [1.29, 1.82) is 0 Å². The zero-order valence-corrected chi connectivity index (χ0v) is 11.7. The van der Waals surface area contributed by atoms with Crippen LogP contribution >= 0.6 is 0 Å². The SMILES string of the molecule is CN(Cc1ccc(C(=O)O)cc1)C(=O)NC(C)(C)C. The Hall–Kier alpha value is -2.04. The summed E-state index contributed by atoms with van der Waals surface area (Å²) in [7, 11) is 1.70. The number of carbonyl (C=O) groups excluding carboxylic acids is 1. The summed E-state index contributed by atoms with van der Waals surface area (Å²) in [4.78, 5) is 24.1. The second-order valence-corrected chi connectivity index (χ2v) is 5.54. The van der Waals surface area contributed by atoms with Crippen molar-refractivity contribution >= 4 is 12.0 Å². The molecule has 0 heterocycles. The van der Waals surface area contributed by atoms with Gasteiger partial charge in [0.05, 0.1) is 5.56 Å². The van der Waals surface area contributed by atoms with Crippen molar-refractivity contribution in [2.45, 2.75) is 32.9 Å². The van der Waals surface area contributed by atoms with Gasteiger partial charge in [-0.2, -0.15) is 0 Å². The lowest BCUT2D eigenvalue weighted by Crippen LogP contribution is -2.46. The molecule has 1 aromatic rings. The lowest BCUT2D eigenvalue weighted by atomic mass is 10.1. The molecule has 104 valence electrons. The molecule has 0 atom stereocenters. The van der Waals surface area contributed by atoms with E-state index < -0.39 is 5.97 Å². The van der Waals surface area contributed by atoms with Crippen molar-refractivity contribution in [3.8, 4) is 0 Å². The number of carboxylic acid groups (broad SMARTS) is 1. The van der Waals surface area contributed by atoms with Gasteiger partial charge in [0, 0.05) is 19.1 Å². The predicted molar refractivity (Wildman–Crippen MR) is 73.2 cm³/mol. The highest BCUT2D eigenvalue weighted by atomic mass is 16.4. The highest BCUT2D eigenvalue weighted by Crippen LogP contribution is 2.08. The molecule has 19 heavy (non-hydrogen) atoms. The lowest BCUT2D eigenvalue weighted by Gasteiger charge is -2.25. The summed E-state index contributed by atoms with van der Waals surface area (Å²) in [5, 5.41) is 11.7. The maximum atomic E-state index is 11.9. The molecule has 0 aliphatic rings. The van der Waals surface area contributed by atoms with Crippen LogP contribution in [0.3, 0.4) is 0 Å². The summed E-state index contributed by atoms with van der Waals surface area (Å²) in [6.45, 7) is 6.18. The Balaban J connectivity index is 2.64. The fourth-order valence-electron chi connectivity index (χ4n) is 1.51. The van der Waals surface area contributed by atoms with Crippen LogP contribution in [-0.2, 0) is 6.54 Å². The van der Waals surface area contributed by atoms with Gasteiger partial charge < -0.3 is 15.3 Å². The monoisotopic (exact) mass is 264 g/mol. The third kappa shape index (κ3) is 4.99. The third-order valence-electron chi connectivity index (χ3n) is 2.45. The van der Waals surface area contributed by atoms with Crippen molar-refractivity contribution in [3.63, 3.8) is 0 Å². The molecule has 1 aromatic carbocycles. The summed E-state index contributed by atoms with van der Waals surface area (Å²) < 4.78 is 0. The number of amides is 2. The summed E-state index contributed by atoms with van der Waals surface area (Å²) in [5.41, 5.74) is 0.848. The number of aromatic carboxylic acids is 1. The van der Waals surface area contributed by atoms with Crippen molar-refractivity contribution in [2.24, 2.45) is 0 Å². The lowest BCUT2D eigenvalue weighted by molar-refractivity contribution is 0.0696. The van der Waals surface area contributed by atoms with Crippen LogP contribution in [0.1, 0.15) is 36.7 Å². The van der Waals surface area contributed by atoms with Crippen molar-refractivity contribution in [1.82, 2.24) is 10.2 Å². The third-order valence-corrected chi connectivity index (χ3v) is 2.45. The summed E-state index contributed by atoms with van der Waals surface area (Å²) in [6, 6.07) is 6.34. The molecule has 0 fully saturated rings. The van der Waals surface area contributed by atoms with E-state index >= 15 is 0 Å². The Bertz CT molecular complexity index is 461. The van der Waals surface area contributed by atoms with Gasteiger partial charge in [0.25, 0.3) is 0 Å². The zero-order chi connectivity index (χ0) is 14.6. The number of benzene rings is 1. The molecular formula is C14H20N2O3. The van der Waals surface area contributed by atoms with Gasteiger partial charge in [-0.3, -0.25) is 0 Å². The Morgan fingerprint density at radius 1 is 1.21 bits per heavy atom. The Morgan fingerprint density at radius 2 is 1.74 bits per heavy atom. The first kappa shape index (κ1) is 15.0. The van der Waals surface area contributed by atoms with Crippen LogP contribution in [0.25, 0.3) is 0 Å². The zero-order valence-electron chi connectivity index (χ0n) is 11.7. The largest absolute Gasteiger partial charge is 0.478 e. The minimum absolute atomic E-state index is 0.158. The first-order valence-corrected chi connectivity index (χ1v) is 6.04. The van der Waals surface area contributed by atoms with E-state index in [1.54, 1.807) is 24.1 Å². The van der Waals surface area contributed by atoms with E-state index in [9.17, 15) is 9.59 Å². The van der Waals surface area contributed by atoms with Crippen LogP contribution in [0, 0.1) is 0 Å². The molecule has 2 amide bonds. The fourth-order valence-corrected chi connectivity index (χ4v) is 1.51. The Morgan fingerprint density at radius 3 is 2.16 bits per heavy atom. The average molecular weight is 264 g/mol. The second-order valence-electron chi connectivity index (χ2n) is 5.54. The van der Waals surface area contributed by atoms with E-state index in [0.29, 0.717) is 6.54 Å². The van der Waals surface area contributed by atoms with Gasteiger partial charge in [0.2, 0.25) is 0 Å². The number of urea groups is 1. The smallest absolute Gasteiger partial charge is 0.335 e. The molecule has 0 saturated heterocycles. The van der Waals surface area contributed by atoms with Gasteiger partial charge in [-0.1, -0.05) is 12.1 Å². The molecule has 5 nitrogen and oxygen atoms in total. The van der Waals surface area contributed by atoms with Gasteiger partial charge in [-0.05, 0) is 38.5 Å². The molecule has 0 aliphatic heterocycles. The Kier molecular flexibility index (Phi) is 4.53. The summed E-state index contributed by atoms with van der Waals surface area (Å²) >= 11 is 0. The summed E-state index contributed by atoms with van der Waals surface area (Å²) in [6.07, 6.45) is 0. The van der Waals surface area contributed by atoms with Crippen molar-refractivity contribution < 1.29 is 14.7 Å². The van der Waals surface area contributed by atoms with Gasteiger partial charge in [-0.15, -0.1) is 0 Å². The van der Waals surface area contributed by atoms with Crippen LogP contribution < -0.4 is 5.32 Å². The van der Waals surface area contributed by atoms with Crippen LogP contribution in [0.2, 0.25) is 0 Å². The maximum Gasteiger partial charge on any atom is 0.335 e. The van der Waals surface area contributed by atoms with Gasteiger partial charge >= 0.3 is 12.0 Å². The number of hydrogen-bond acceptors (Lipinski definition) is 2. The number of rotatable bonds is 3. The first-order chi connectivity index (χ1) is 8.69. The molecule has 2 N–H and O–H groups in total. The number of hydrogen-bond donors (Lipinski definition) is 2. The number of carboxylic acids is 1. The van der Waals surface area contributed by atoms with E-state index in [0.717, 1.165) is 5.56 Å². The first-order valence-electron chi connectivity index (χ1n) is 6.04. The molecular weight excluding hydrogens is 244 g/mol. The normalized spacial score (nSPS) is 10.9. The van der Waals surface area contributed by atoms with Crippen LogP contribution in [0.5, 0.6) is 0 Å². The molecule has 0 spiro atoms. The quantitative estimate of drug-likeness (QED) is 0.880. The molecule has 0 aromatic heterocycles. The predicted octanol–water partition coefficient (Wildman–Crippen LogP) is 2.32. The molecule has 0 radical (unpaired) electrons. The topological polar surface area (TPSA) is 69.6 Å². The molecule has 0 unspecified atom stereocenters. The van der Waals surface area contributed by atoms with E-state index in [-0.39, 0.29) is 17.1 Å². The molecule has 0 bridgehead atoms. The van der Waals surface area contributed by atoms with Crippen molar-refractivity contribution in [2.75, 3.05) is 7.05 Å². The average Bonchev–Trinajstić information content (AvgIpc) is 2.27. The minimum atomic E-state index is -0.953. The van der Waals surface area contributed by atoms with E-state index in [1.165, 1.54) is 12.1 Å². The van der Waals surface area contributed by atoms with Crippen LogP contribution in [0.15, 0.2) is 24.3 Å². The van der Waals surface area contributed by atoms with Crippen LogP contribution in [0.4, 0.5) is 4.79 Å². The molecule has 1 rings (SSSR count).